The summed E-state index contributed by atoms with van der Waals surface area (Å²) < 4.78 is -0.455. The van der Waals surface area contributed by atoms with Crippen molar-refractivity contribution in [3.05, 3.63) is 0 Å². The van der Waals surface area contributed by atoms with Crippen LogP contribution in [0.15, 0.2) is 0 Å². The van der Waals surface area contributed by atoms with Crippen molar-refractivity contribution in [1.29, 1.82) is 0 Å². The van der Waals surface area contributed by atoms with Crippen LogP contribution in [0, 0.1) is 0 Å². The second kappa shape index (κ2) is 5.38. The molecule has 0 heterocycles. The van der Waals surface area contributed by atoms with Crippen LogP contribution in [0.4, 0.5) is 0 Å². The Hall–Kier alpha value is 0.720. The number of carbonyl (C=O) groups is 1. The van der Waals surface area contributed by atoms with Crippen LogP contribution in [0.2, 0.25) is 0 Å². The Labute approximate surface area is 76.1 Å². The van der Waals surface area contributed by atoms with Crippen LogP contribution in [-0.2, 0) is 4.79 Å². The SMILES string of the molecule is CSCCC(S)(C=O)SC. The van der Waals surface area contributed by atoms with Crippen LogP contribution in [0.25, 0.3) is 0 Å². The van der Waals surface area contributed by atoms with Crippen LogP contribution in [0.5, 0.6) is 0 Å². The van der Waals surface area contributed by atoms with E-state index in [4.69, 9.17) is 0 Å². The van der Waals surface area contributed by atoms with Crippen molar-refractivity contribution in [2.45, 2.75) is 10.5 Å². The molecule has 0 saturated carbocycles. The van der Waals surface area contributed by atoms with Gasteiger partial charge < -0.3 is 4.79 Å². The van der Waals surface area contributed by atoms with Crippen molar-refractivity contribution < 1.29 is 4.79 Å². The normalized spacial score (nSPS) is 16.3. The van der Waals surface area contributed by atoms with E-state index in [-0.39, 0.29) is 0 Å². The molecule has 1 unspecified atom stereocenters. The summed E-state index contributed by atoms with van der Waals surface area (Å²) in [5.74, 6) is 0.989. The lowest BCUT2D eigenvalue weighted by Gasteiger charge is -2.17. The van der Waals surface area contributed by atoms with E-state index in [2.05, 4.69) is 12.6 Å². The van der Waals surface area contributed by atoms with Crippen LogP contribution >= 0.6 is 36.2 Å². The highest BCUT2D eigenvalue weighted by Gasteiger charge is 2.21. The molecule has 0 rings (SSSR count). The van der Waals surface area contributed by atoms with Crippen molar-refractivity contribution in [2.24, 2.45) is 0 Å². The number of thioether (sulfide) groups is 2. The van der Waals surface area contributed by atoms with E-state index >= 15 is 0 Å². The van der Waals surface area contributed by atoms with Gasteiger partial charge in [-0.3, -0.25) is 0 Å². The van der Waals surface area contributed by atoms with Crippen LogP contribution < -0.4 is 0 Å². The molecule has 0 saturated heterocycles. The van der Waals surface area contributed by atoms with Gasteiger partial charge in [0, 0.05) is 0 Å². The quantitative estimate of drug-likeness (QED) is 0.411. The predicted octanol–water partition coefficient (Wildman–Crippen LogP) is 1.93. The molecule has 4 heteroatoms. The minimum atomic E-state index is -0.455. The monoisotopic (exact) mass is 196 g/mol. The van der Waals surface area contributed by atoms with Gasteiger partial charge in [-0.15, -0.1) is 11.8 Å². The molecule has 0 radical (unpaired) electrons. The van der Waals surface area contributed by atoms with E-state index in [1.807, 2.05) is 12.5 Å². The Bertz CT molecular complexity index is 107. The van der Waals surface area contributed by atoms with Crippen LogP contribution in [-0.4, -0.2) is 28.6 Å². The molecule has 0 aliphatic carbocycles. The van der Waals surface area contributed by atoms with Gasteiger partial charge in [0.25, 0.3) is 0 Å². The second-order valence-corrected chi connectivity index (χ2v) is 5.13. The maximum Gasteiger partial charge on any atom is 0.145 e. The minimum absolute atomic E-state index is 0.455. The van der Waals surface area contributed by atoms with E-state index in [1.165, 1.54) is 11.8 Å². The standard InChI is InChI=1S/C6H12OS3/c1-9-4-3-6(8,5-7)10-2/h5,8H,3-4H2,1-2H3. The summed E-state index contributed by atoms with van der Waals surface area (Å²) in [6, 6.07) is 0. The van der Waals surface area contributed by atoms with Gasteiger partial charge in [0.1, 0.15) is 10.4 Å². The van der Waals surface area contributed by atoms with E-state index in [1.54, 1.807) is 11.8 Å². The molecule has 0 aromatic carbocycles. The topological polar surface area (TPSA) is 17.1 Å². The van der Waals surface area contributed by atoms with Gasteiger partial charge in [0.05, 0.1) is 0 Å². The van der Waals surface area contributed by atoms with Gasteiger partial charge in [0.2, 0.25) is 0 Å². The third-order valence-corrected chi connectivity index (χ3v) is 3.70. The first-order valence-corrected chi connectivity index (χ1v) is 5.98. The largest absolute Gasteiger partial charge is 0.301 e. The Morgan fingerprint density at radius 2 is 2.20 bits per heavy atom. The van der Waals surface area contributed by atoms with Crippen molar-refractivity contribution >= 4 is 42.4 Å². The Balaban J connectivity index is 3.68. The molecule has 0 N–H and O–H groups in total. The highest BCUT2D eigenvalue weighted by atomic mass is 32.2. The Morgan fingerprint density at radius 3 is 2.50 bits per heavy atom. The fourth-order valence-corrected chi connectivity index (χ4v) is 1.78. The molecule has 1 atom stereocenters. The maximum atomic E-state index is 10.5. The summed E-state index contributed by atoms with van der Waals surface area (Å²) >= 11 is 7.47. The molecular formula is C6H12OS3. The predicted molar refractivity (Wildman–Crippen MR) is 54.3 cm³/mol. The van der Waals surface area contributed by atoms with Crippen molar-refractivity contribution in [2.75, 3.05) is 18.3 Å². The number of aldehydes is 1. The summed E-state index contributed by atoms with van der Waals surface area (Å²) in [6.45, 7) is 0. The lowest BCUT2D eigenvalue weighted by Crippen LogP contribution is -2.18. The number of rotatable bonds is 5. The summed E-state index contributed by atoms with van der Waals surface area (Å²) in [4.78, 5) is 10.5. The molecule has 0 bridgehead atoms. The molecule has 10 heavy (non-hydrogen) atoms. The lowest BCUT2D eigenvalue weighted by molar-refractivity contribution is -0.108. The Morgan fingerprint density at radius 1 is 1.60 bits per heavy atom. The average Bonchev–Trinajstić information content (AvgIpc) is 2.00. The molecule has 0 fully saturated rings. The van der Waals surface area contributed by atoms with Gasteiger partial charge in [-0.25, -0.2) is 0 Å². The van der Waals surface area contributed by atoms with Gasteiger partial charge in [0.15, 0.2) is 0 Å². The van der Waals surface area contributed by atoms with Crippen LogP contribution in [0.1, 0.15) is 6.42 Å². The third-order valence-electron chi connectivity index (χ3n) is 1.20. The van der Waals surface area contributed by atoms with Crippen molar-refractivity contribution in [3.8, 4) is 0 Å². The van der Waals surface area contributed by atoms with Gasteiger partial charge >= 0.3 is 0 Å². The lowest BCUT2D eigenvalue weighted by atomic mass is 10.3. The number of carbonyl (C=O) groups excluding carboxylic acids is 1. The fourth-order valence-electron chi connectivity index (χ4n) is 0.457. The molecule has 1 nitrogen and oxygen atoms in total. The highest BCUT2D eigenvalue weighted by Crippen LogP contribution is 2.29. The smallest absolute Gasteiger partial charge is 0.145 e. The summed E-state index contributed by atoms with van der Waals surface area (Å²) in [6.07, 6.45) is 5.68. The number of thiol groups is 1. The molecular weight excluding hydrogens is 184 g/mol. The van der Waals surface area contributed by atoms with Gasteiger partial charge in [-0.1, -0.05) is 0 Å². The second-order valence-electron chi connectivity index (χ2n) is 1.91. The molecule has 0 amide bonds. The first-order valence-electron chi connectivity index (χ1n) is 2.91. The van der Waals surface area contributed by atoms with Gasteiger partial charge in [-0.05, 0) is 24.7 Å². The molecule has 0 aromatic rings. The summed E-state index contributed by atoms with van der Waals surface area (Å²) in [5.41, 5.74) is 0. The number of hydrogen-bond donors (Lipinski definition) is 1. The molecule has 0 aliphatic rings. The van der Waals surface area contributed by atoms with E-state index in [0.29, 0.717) is 0 Å². The zero-order valence-electron chi connectivity index (χ0n) is 6.16. The summed E-state index contributed by atoms with van der Waals surface area (Å²) in [7, 11) is 0. The Kier molecular flexibility index (Phi) is 5.77. The van der Waals surface area contributed by atoms with E-state index in [9.17, 15) is 4.79 Å². The first-order chi connectivity index (χ1) is 4.68. The fraction of sp³-hybridized carbons (Fsp3) is 0.833. The van der Waals surface area contributed by atoms with Crippen LogP contribution in [0.3, 0.4) is 0 Å². The molecule has 0 aromatic heterocycles. The van der Waals surface area contributed by atoms with E-state index < -0.39 is 4.08 Å². The number of hydrogen-bond acceptors (Lipinski definition) is 4. The zero-order chi connectivity index (χ0) is 8.04. The maximum absolute atomic E-state index is 10.5. The van der Waals surface area contributed by atoms with Gasteiger partial charge in [-0.2, -0.15) is 24.4 Å². The summed E-state index contributed by atoms with van der Waals surface area (Å²) in [5, 5.41) is 0. The molecule has 0 spiro atoms. The third kappa shape index (κ3) is 3.78. The first kappa shape index (κ1) is 10.7. The minimum Gasteiger partial charge on any atom is -0.301 e. The zero-order valence-corrected chi connectivity index (χ0v) is 8.69. The highest BCUT2D eigenvalue weighted by molar-refractivity contribution is 8.12. The molecule has 0 aliphatic heterocycles. The van der Waals surface area contributed by atoms with Crippen molar-refractivity contribution in [1.82, 2.24) is 0 Å². The van der Waals surface area contributed by atoms with E-state index in [0.717, 1.165) is 18.5 Å². The average molecular weight is 196 g/mol. The van der Waals surface area contributed by atoms with Crippen molar-refractivity contribution in [3.63, 3.8) is 0 Å². The molecule has 60 valence electrons.